The predicted molar refractivity (Wildman–Crippen MR) is 64.4 cm³/mol. The summed E-state index contributed by atoms with van der Waals surface area (Å²) in [5.41, 5.74) is 4.96. The lowest BCUT2D eigenvalue weighted by molar-refractivity contribution is -0.135. The lowest BCUT2D eigenvalue weighted by Gasteiger charge is -2.15. The van der Waals surface area contributed by atoms with E-state index in [2.05, 4.69) is 4.52 Å². The first-order valence-electron chi connectivity index (χ1n) is 3.05. The van der Waals surface area contributed by atoms with E-state index in [1.54, 1.807) is 0 Å². The van der Waals surface area contributed by atoms with E-state index in [9.17, 15) is 9.36 Å². The van der Waals surface area contributed by atoms with Gasteiger partial charge in [0.15, 0.2) is 5.96 Å². The maximum Gasteiger partial charge on any atom is 0.527 e. The summed E-state index contributed by atoms with van der Waals surface area (Å²) in [6.07, 6.45) is 0. The summed E-state index contributed by atoms with van der Waals surface area (Å²) >= 11 is 0. The van der Waals surface area contributed by atoms with Gasteiger partial charge in [0.2, 0.25) is 0 Å². The zero-order valence-electron chi connectivity index (χ0n) is 9.80. The van der Waals surface area contributed by atoms with E-state index in [0.29, 0.717) is 0 Å². The van der Waals surface area contributed by atoms with Crippen LogP contribution >= 0.6 is 7.82 Å². The van der Waals surface area contributed by atoms with E-state index in [1.165, 1.54) is 7.05 Å². The van der Waals surface area contributed by atoms with Crippen molar-refractivity contribution in [2.24, 2.45) is 5.73 Å². The lowest BCUT2D eigenvalue weighted by Crippen LogP contribution is -2.37. The molecule has 0 aliphatic rings. The SMILES string of the molecule is CN(CC(=O)OP(=O)(O)O)C(=N)N.O.O.O.O.O.O. The number of hydrogen-bond donors (Lipinski definition) is 4. The number of phosphoric ester groups is 1. The van der Waals surface area contributed by atoms with Crippen molar-refractivity contribution in [2.75, 3.05) is 13.6 Å². The van der Waals surface area contributed by atoms with Gasteiger partial charge in [-0.3, -0.25) is 15.2 Å². The third-order valence-electron chi connectivity index (χ3n) is 0.998. The van der Waals surface area contributed by atoms with Crippen LogP contribution in [0, 0.1) is 5.41 Å². The number of nitrogens with one attached hydrogen (secondary N) is 1. The molecule has 0 unspecified atom stereocenters. The molecule has 15 heteroatoms. The van der Waals surface area contributed by atoms with Crippen molar-refractivity contribution in [3.8, 4) is 0 Å². The third kappa shape index (κ3) is 26.3. The fourth-order valence-corrected chi connectivity index (χ4v) is 0.763. The zero-order chi connectivity index (χ0) is 10.6. The third-order valence-corrected chi connectivity index (χ3v) is 1.44. The average molecular weight is 319 g/mol. The quantitative estimate of drug-likeness (QED) is 0.221. The van der Waals surface area contributed by atoms with Gasteiger partial charge in [-0.1, -0.05) is 0 Å². The molecule has 0 aromatic rings. The molecule has 0 aliphatic carbocycles. The Hall–Kier alpha value is -1.35. The summed E-state index contributed by atoms with van der Waals surface area (Å²) in [6, 6.07) is 0. The number of nitrogens with zero attached hydrogens (tertiary/aromatic N) is 1. The van der Waals surface area contributed by atoms with Crippen LogP contribution in [-0.2, 0) is 13.9 Å². The van der Waals surface area contributed by atoms with E-state index >= 15 is 0 Å². The molecule has 0 heterocycles. The van der Waals surface area contributed by atoms with Gasteiger partial charge < -0.3 is 48.0 Å². The number of guanidine groups is 1. The first-order valence-corrected chi connectivity index (χ1v) is 4.58. The highest BCUT2D eigenvalue weighted by molar-refractivity contribution is 7.46. The number of rotatable bonds is 3. The zero-order valence-corrected chi connectivity index (χ0v) is 10.7. The molecule has 17 N–H and O–H groups in total. The van der Waals surface area contributed by atoms with Crippen LogP contribution in [0.1, 0.15) is 0 Å². The minimum Gasteiger partial charge on any atom is -0.412 e. The molecule has 0 radical (unpaired) electrons. The number of carbonyl (C=O) groups excluding carboxylic acids is 1. The maximum atomic E-state index is 10.7. The minimum atomic E-state index is -4.80. The number of hydrogen-bond acceptors (Lipinski definition) is 4. The molecule has 0 bridgehead atoms. The monoisotopic (exact) mass is 319 g/mol. The summed E-state index contributed by atoms with van der Waals surface area (Å²) < 4.78 is 13.8. The van der Waals surface area contributed by atoms with Crippen LogP contribution in [0.3, 0.4) is 0 Å². The van der Waals surface area contributed by atoms with Crippen LogP contribution in [0.5, 0.6) is 0 Å². The number of likely N-dealkylation sites (N-methyl/N-ethyl adjacent to an activating group) is 1. The number of nitrogens with two attached hydrogens (primary N) is 1. The van der Waals surface area contributed by atoms with Gasteiger partial charge in [0.05, 0.1) is 0 Å². The molecule has 0 aliphatic heterocycles. The van der Waals surface area contributed by atoms with Crippen molar-refractivity contribution in [2.45, 2.75) is 0 Å². The van der Waals surface area contributed by atoms with Crippen molar-refractivity contribution in [3.05, 3.63) is 0 Å². The standard InChI is InChI=1S/C4H10N3O5P.6H2O/c1-7(4(5)6)2-3(8)12-13(9,10)11;;;;;;/h2H2,1H3,(H3,5,6)(H2,9,10,11);6*1H2. The van der Waals surface area contributed by atoms with Crippen molar-refractivity contribution in [1.29, 1.82) is 5.41 Å². The Morgan fingerprint density at radius 2 is 1.53 bits per heavy atom. The van der Waals surface area contributed by atoms with E-state index in [4.69, 9.17) is 20.9 Å². The molecule has 0 saturated heterocycles. The molecular weight excluding hydrogens is 297 g/mol. The van der Waals surface area contributed by atoms with Crippen molar-refractivity contribution >= 4 is 19.8 Å². The van der Waals surface area contributed by atoms with Crippen LogP contribution in [0.25, 0.3) is 0 Å². The fraction of sp³-hybridized carbons (Fsp3) is 0.500. The summed E-state index contributed by atoms with van der Waals surface area (Å²) in [5, 5.41) is 6.83. The van der Waals surface area contributed by atoms with Gasteiger partial charge >= 0.3 is 13.8 Å². The Balaban J connectivity index is -0.0000000480. The predicted octanol–water partition coefficient (Wildman–Crippen LogP) is -6.50. The summed E-state index contributed by atoms with van der Waals surface area (Å²) in [7, 11) is -3.49. The van der Waals surface area contributed by atoms with E-state index < -0.39 is 26.3 Å². The molecular formula is C4H22N3O11P. The van der Waals surface area contributed by atoms with Crippen LogP contribution in [-0.4, -0.2) is 73.1 Å². The Labute approximate surface area is 107 Å². The van der Waals surface area contributed by atoms with Crippen LogP contribution in [0.4, 0.5) is 0 Å². The highest BCUT2D eigenvalue weighted by Gasteiger charge is 2.21. The Kier molecular flexibility index (Phi) is 37.8. The molecule has 0 fully saturated rings. The Morgan fingerprint density at radius 3 is 1.74 bits per heavy atom. The van der Waals surface area contributed by atoms with Gasteiger partial charge in [-0.15, -0.1) is 0 Å². The second kappa shape index (κ2) is 16.6. The summed E-state index contributed by atoms with van der Waals surface area (Å²) in [5.74, 6) is -1.55. The molecule has 0 spiro atoms. The van der Waals surface area contributed by atoms with Gasteiger partial charge in [0.1, 0.15) is 6.54 Å². The summed E-state index contributed by atoms with van der Waals surface area (Å²) in [6.45, 7) is -0.486. The number of carbonyl (C=O) groups is 1. The van der Waals surface area contributed by atoms with Crippen LogP contribution in [0.15, 0.2) is 0 Å². The normalized spacial score (nSPS) is 7.32. The van der Waals surface area contributed by atoms with Gasteiger partial charge in [-0.25, -0.2) is 9.36 Å². The fourth-order valence-electron chi connectivity index (χ4n) is 0.440. The van der Waals surface area contributed by atoms with Crippen LogP contribution in [0.2, 0.25) is 0 Å². The highest BCUT2D eigenvalue weighted by atomic mass is 31.2. The summed E-state index contributed by atoms with van der Waals surface area (Å²) in [4.78, 5) is 28.0. The molecule has 0 amide bonds. The Bertz CT molecular complexity index is 267. The van der Waals surface area contributed by atoms with E-state index in [-0.39, 0.29) is 32.9 Å². The molecule has 0 saturated carbocycles. The van der Waals surface area contributed by atoms with Crippen molar-refractivity contribution < 1.29 is 56.5 Å². The number of phosphoric acid groups is 1. The first kappa shape index (κ1) is 43.1. The van der Waals surface area contributed by atoms with E-state index in [0.717, 1.165) is 4.90 Å². The van der Waals surface area contributed by atoms with Gasteiger partial charge in [-0.05, 0) is 0 Å². The highest BCUT2D eigenvalue weighted by Crippen LogP contribution is 2.35. The second-order valence-electron chi connectivity index (χ2n) is 2.20. The largest absolute Gasteiger partial charge is 0.527 e. The molecule has 0 aromatic carbocycles. The molecule has 0 rings (SSSR count). The molecule has 0 atom stereocenters. The lowest BCUT2D eigenvalue weighted by atomic mass is 10.6. The second-order valence-corrected chi connectivity index (χ2v) is 3.36. The minimum absolute atomic E-state index is 0. The van der Waals surface area contributed by atoms with Gasteiger partial charge in [0.25, 0.3) is 0 Å². The molecule has 14 nitrogen and oxygen atoms in total. The van der Waals surface area contributed by atoms with Gasteiger partial charge in [0, 0.05) is 7.05 Å². The van der Waals surface area contributed by atoms with Crippen molar-refractivity contribution in [1.82, 2.24) is 4.90 Å². The molecule has 19 heavy (non-hydrogen) atoms. The smallest absolute Gasteiger partial charge is 0.412 e. The first-order chi connectivity index (χ1) is 5.72. The van der Waals surface area contributed by atoms with Gasteiger partial charge in [-0.2, -0.15) is 0 Å². The maximum absolute atomic E-state index is 10.7. The Morgan fingerprint density at radius 1 is 1.21 bits per heavy atom. The van der Waals surface area contributed by atoms with Crippen LogP contribution < -0.4 is 5.73 Å². The average Bonchev–Trinajstić information content (AvgIpc) is 1.81. The van der Waals surface area contributed by atoms with Crippen molar-refractivity contribution in [3.63, 3.8) is 0 Å². The van der Waals surface area contributed by atoms with E-state index in [1.807, 2.05) is 0 Å². The molecule has 0 aromatic heterocycles. The topological polar surface area (TPSA) is 326 Å². The molecule has 124 valence electrons.